The fraction of sp³-hybridized carbons (Fsp3) is 0.500. The van der Waals surface area contributed by atoms with Gasteiger partial charge in [-0.15, -0.1) is 0 Å². The van der Waals surface area contributed by atoms with Crippen molar-refractivity contribution >= 4 is 11.9 Å². The first-order valence-corrected chi connectivity index (χ1v) is 1.84. The van der Waals surface area contributed by atoms with Gasteiger partial charge in [-0.3, -0.25) is 4.79 Å². The van der Waals surface area contributed by atoms with Crippen LogP contribution in [0.2, 0.25) is 0 Å². The molecule has 5 N–H and O–H groups in total. The number of hydrogen-bond donors (Lipinski definition) is 1. The van der Waals surface area contributed by atoms with Crippen molar-refractivity contribution < 1.29 is 60.3 Å². The molecule has 0 saturated carbocycles. The van der Waals surface area contributed by atoms with Gasteiger partial charge in [-0.2, -0.15) is 0 Å². The van der Waals surface area contributed by atoms with E-state index >= 15 is 0 Å². The number of carboxylic acid groups (broad SMARTS) is 2. The molecule has 0 atom stereocenters. The molecule has 64 valence electrons. The Morgan fingerprint density at radius 3 is 1.18 bits per heavy atom. The van der Waals surface area contributed by atoms with Crippen LogP contribution in [0.25, 0.3) is 0 Å². The summed E-state index contributed by atoms with van der Waals surface area (Å²) < 4.78 is 0. The molecule has 0 amide bonds. The number of aliphatic carboxylic acids is 2. The van der Waals surface area contributed by atoms with Gasteiger partial charge in [0.25, 0.3) is 5.97 Å². The average Bonchev–Trinajstić information content (AvgIpc) is 1.25. The summed E-state index contributed by atoms with van der Waals surface area (Å²) in [5, 5.41) is 16.3. The first-order valence-electron chi connectivity index (χ1n) is 1.84. The second-order valence-corrected chi connectivity index (χ2v) is 1.01. The van der Waals surface area contributed by atoms with Crippen molar-refractivity contribution in [2.24, 2.45) is 0 Å². The van der Waals surface area contributed by atoms with E-state index in [1.54, 1.807) is 0 Å². The van der Waals surface area contributed by atoms with Crippen molar-refractivity contribution in [3.63, 3.8) is 0 Å². The van der Waals surface area contributed by atoms with Crippen LogP contribution < -0.4 is 34.7 Å². The SMILES string of the molecule is CC(=O)O.CC(=O)[O-].O.O.[Na+]. The molecule has 0 aliphatic carbocycles. The zero-order chi connectivity index (χ0) is 7.15. The quantitative estimate of drug-likeness (QED) is 0.369. The number of hydrogen-bond acceptors (Lipinski definition) is 3. The molecule has 0 radical (unpaired) electrons. The summed E-state index contributed by atoms with van der Waals surface area (Å²) in [6, 6.07) is 0. The van der Waals surface area contributed by atoms with Crippen LogP contribution in [-0.4, -0.2) is 28.0 Å². The minimum Gasteiger partial charge on any atom is -0.550 e. The minimum atomic E-state index is -1.08. The van der Waals surface area contributed by atoms with Crippen LogP contribution in [0.15, 0.2) is 0 Å². The molecule has 0 fully saturated rings. The summed E-state index contributed by atoms with van der Waals surface area (Å²) in [7, 11) is 0. The molecule has 0 saturated heterocycles. The molecule has 0 bridgehead atoms. The second kappa shape index (κ2) is 22.5. The van der Waals surface area contributed by atoms with Gasteiger partial charge < -0.3 is 26.0 Å². The van der Waals surface area contributed by atoms with Crippen molar-refractivity contribution in [2.45, 2.75) is 13.8 Å². The van der Waals surface area contributed by atoms with E-state index in [0.29, 0.717) is 0 Å². The Kier molecular flexibility index (Phi) is 63.0. The van der Waals surface area contributed by atoms with Gasteiger partial charge >= 0.3 is 29.6 Å². The van der Waals surface area contributed by atoms with Gasteiger partial charge in [-0.05, 0) is 6.92 Å². The maximum atomic E-state index is 9.00. The van der Waals surface area contributed by atoms with Crippen LogP contribution in [0.5, 0.6) is 0 Å². The van der Waals surface area contributed by atoms with Gasteiger partial charge in [-0.25, -0.2) is 0 Å². The molecule has 0 aliphatic rings. The van der Waals surface area contributed by atoms with E-state index in [1.807, 2.05) is 0 Å². The van der Waals surface area contributed by atoms with E-state index in [9.17, 15) is 0 Å². The van der Waals surface area contributed by atoms with Crippen LogP contribution in [0.4, 0.5) is 0 Å². The van der Waals surface area contributed by atoms with Gasteiger partial charge in [0.1, 0.15) is 0 Å². The molecular weight excluding hydrogens is 167 g/mol. The molecule has 0 aliphatic heterocycles. The predicted molar refractivity (Wildman–Crippen MR) is 31.2 cm³/mol. The largest absolute Gasteiger partial charge is 1.00 e. The third kappa shape index (κ3) is 31100. The molecular formula is C4H11NaO6. The summed E-state index contributed by atoms with van der Waals surface area (Å²) in [6.45, 7) is 2.06. The molecule has 0 aromatic heterocycles. The van der Waals surface area contributed by atoms with Crippen LogP contribution in [0.3, 0.4) is 0 Å². The number of rotatable bonds is 0. The third-order valence-electron chi connectivity index (χ3n) is 0. The van der Waals surface area contributed by atoms with Gasteiger partial charge in [0, 0.05) is 12.9 Å². The number of carbonyl (C=O) groups is 2. The molecule has 6 nitrogen and oxygen atoms in total. The topological polar surface area (TPSA) is 140 Å². The Morgan fingerprint density at radius 2 is 1.18 bits per heavy atom. The van der Waals surface area contributed by atoms with Crippen molar-refractivity contribution in [3.05, 3.63) is 0 Å². The zero-order valence-corrected chi connectivity index (χ0v) is 8.67. The Bertz CT molecular complexity index is 72.6. The fourth-order valence-corrected chi connectivity index (χ4v) is 0. The van der Waals surface area contributed by atoms with Crippen LogP contribution in [0, 0.1) is 0 Å². The number of carboxylic acids is 2. The van der Waals surface area contributed by atoms with E-state index in [4.69, 9.17) is 19.8 Å². The maximum Gasteiger partial charge on any atom is 1.00 e. The van der Waals surface area contributed by atoms with Crippen LogP contribution in [-0.2, 0) is 9.59 Å². The minimum absolute atomic E-state index is 0. The third-order valence-corrected chi connectivity index (χ3v) is 0. The van der Waals surface area contributed by atoms with Crippen molar-refractivity contribution in [3.8, 4) is 0 Å². The first-order chi connectivity index (χ1) is 3.46. The monoisotopic (exact) mass is 178 g/mol. The molecule has 0 unspecified atom stereocenters. The molecule has 0 heterocycles. The summed E-state index contributed by atoms with van der Waals surface area (Å²) in [5.41, 5.74) is 0. The van der Waals surface area contributed by atoms with E-state index in [2.05, 4.69) is 0 Å². The molecule has 0 aromatic carbocycles. The van der Waals surface area contributed by atoms with Crippen molar-refractivity contribution in [1.29, 1.82) is 0 Å². The van der Waals surface area contributed by atoms with E-state index in [1.165, 1.54) is 0 Å². The van der Waals surface area contributed by atoms with E-state index in [0.717, 1.165) is 13.8 Å². The molecule has 0 aromatic rings. The van der Waals surface area contributed by atoms with Gasteiger partial charge in [0.05, 0.1) is 0 Å². The van der Waals surface area contributed by atoms with Crippen molar-refractivity contribution in [2.75, 3.05) is 0 Å². The van der Waals surface area contributed by atoms with Gasteiger partial charge in [0.15, 0.2) is 0 Å². The summed E-state index contributed by atoms with van der Waals surface area (Å²) in [6.07, 6.45) is 0. The van der Waals surface area contributed by atoms with E-state index in [-0.39, 0.29) is 40.5 Å². The molecule has 0 rings (SSSR count). The Balaban J connectivity index is -0.0000000171. The normalized spacial score (nSPS) is 4.55. The zero-order valence-electron chi connectivity index (χ0n) is 6.67. The van der Waals surface area contributed by atoms with Crippen LogP contribution >= 0.6 is 0 Å². The van der Waals surface area contributed by atoms with Crippen LogP contribution in [0.1, 0.15) is 13.8 Å². The first kappa shape index (κ1) is 30.7. The summed E-state index contributed by atoms with van der Waals surface area (Å²) in [4.78, 5) is 17.9. The van der Waals surface area contributed by atoms with Crippen molar-refractivity contribution in [1.82, 2.24) is 0 Å². The summed E-state index contributed by atoms with van der Waals surface area (Å²) in [5.74, 6) is -1.92. The fourth-order valence-electron chi connectivity index (χ4n) is 0. The Labute approximate surface area is 86.1 Å². The predicted octanol–water partition coefficient (Wildman–Crippen LogP) is -5.80. The molecule has 11 heavy (non-hydrogen) atoms. The molecule has 7 heteroatoms. The number of carbonyl (C=O) groups excluding carboxylic acids is 1. The van der Waals surface area contributed by atoms with Gasteiger partial charge in [-0.1, -0.05) is 0 Å². The Morgan fingerprint density at radius 1 is 1.18 bits per heavy atom. The standard InChI is InChI=1S/2C2H4O2.Na.2H2O/c2*1-2(3)4;;;/h2*1H3,(H,3,4);;2*1H2/q;;+1;;/p-1. The molecule has 0 spiro atoms. The average molecular weight is 178 g/mol. The van der Waals surface area contributed by atoms with E-state index < -0.39 is 11.9 Å². The summed E-state index contributed by atoms with van der Waals surface area (Å²) >= 11 is 0. The second-order valence-electron chi connectivity index (χ2n) is 1.01. The van der Waals surface area contributed by atoms with Gasteiger partial charge in [0.2, 0.25) is 0 Å². The maximum absolute atomic E-state index is 9.00. The Hall–Kier alpha value is -0.140. The smallest absolute Gasteiger partial charge is 0.550 e.